The summed E-state index contributed by atoms with van der Waals surface area (Å²) in [5.41, 5.74) is 5.06. The van der Waals surface area contributed by atoms with Gasteiger partial charge >= 0.3 is 0 Å². The van der Waals surface area contributed by atoms with E-state index in [1.54, 1.807) is 0 Å². The maximum Gasteiger partial charge on any atom is 0.227 e. The molecule has 5 heteroatoms. The van der Waals surface area contributed by atoms with Gasteiger partial charge in [0, 0.05) is 24.1 Å². The molecule has 0 saturated heterocycles. The maximum absolute atomic E-state index is 14.0. The number of allylic oxidation sites excluding steroid dienone is 1. The minimum atomic E-state index is -0.533. The van der Waals surface area contributed by atoms with Gasteiger partial charge in [-0.3, -0.25) is 14.5 Å². The van der Waals surface area contributed by atoms with Gasteiger partial charge in [-0.2, -0.15) is 0 Å². The molecular weight excluding hydrogens is 484 g/mol. The second-order valence-corrected chi connectivity index (χ2v) is 11.4. The lowest BCUT2D eigenvalue weighted by molar-refractivity contribution is -0.119. The minimum absolute atomic E-state index is 0.0321. The van der Waals surface area contributed by atoms with Crippen molar-refractivity contribution in [2.24, 2.45) is 5.41 Å². The molecule has 2 aliphatic rings. The van der Waals surface area contributed by atoms with Crippen LogP contribution in [-0.4, -0.2) is 11.7 Å². The Bertz CT molecular complexity index is 1380. The van der Waals surface area contributed by atoms with Crippen molar-refractivity contribution < 1.29 is 14.3 Å². The van der Waals surface area contributed by atoms with Crippen LogP contribution in [0.2, 0.25) is 0 Å². The molecule has 5 nitrogen and oxygen atoms in total. The predicted molar refractivity (Wildman–Crippen MR) is 157 cm³/mol. The fourth-order valence-corrected chi connectivity index (χ4v) is 5.74. The molecule has 3 aromatic carbocycles. The number of amides is 1. The van der Waals surface area contributed by atoms with Crippen LogP contribution < -0.4 is 15.0 Å². The van der Waals surface area contributed by atoms with Crippen LogP contribution in [0.5, 0.6) is 5.75 Å². The fraction of sp³-hybridized carbons (Fsp3) is 0.353. The Morgan fingerprint density at radius 2 is 1.74 bits per heavy atom. The van der Waals surface area contributed by atoms with E-state index in [1.807, 2.05) is 83.8 Å². The van der Waals surface area contributed by atoms with Gasteiger partial charge in [-0.05, 0) is 53.6 Å². The number of anilines is 2. The second kappa shape index (κ2) is 11.5. The van der Waals surface area contributed by atoms with E-state index < -0.39 is 6.04 Å². The van der Waals surface area contributed by atoms with Gasteiger partial charge in [-0.25, -0.2) is 0 Å². The van der Waals surface area contributed by atoms with Crippen molar-refractivity contribution in [3.8, 4) is 5.75 Å². The van der Waals surface area contributed by atoms with Gasteiger partial charge in [0.15, 0.2) is 5.78 Å². The van der Waals surface area contributed by atoms with Crippen molar-refractivity contribution in [2.75, 3.05) is 10.2 Å². The highest BCUT2D eigenvalue weighted by Crippen LogP contribution is 2.48. The van der Waals surface area contributed by atoms with Crippen molar-refractivity contribution in [2.45, 2.75) is 71.9 Å². The summed E-state index contributed by atoms with van der Waals surface area (Å²) in [7, 11) is 0. The molecular formula is C34H38N2O3. The Hall–Kier alpha value is -3.86. The number of unbranched alkanes of at least 4 members (excludes halogenated alkanes) is 2. The molecule has 202 valence electrons. The van der Waals surface area contributed by atoms with E-state index in [0.29, 0.717) is 30.8 Å². The van der Waals surface area contributed by atoms with Gasteiger partial charge in [0.25, 0.3) is 0 Å². The summed E-state index contributed by atoms with van der Waals surface area (Å²) in [6, 6.07) is 25.3. The van der Waals surface area contributed by atoms with Gasteiger partial charge in [0.05, 0.1) is 17.4 Å². The molecule has 1 atom stereocenters. The third-order valence-electron chi connectivity index (χ3n) is 7.59. The molecule has 1 aliphatic heterocycles. The van der Waals surface area contributed by atoms with E-state index in [9.17, 15) is 9.59 Å². The molecule has 39 heavy (non-hydrogen) atoms. The number of nitrogens with one attached hydrogen (secondary N) is 1. The lowest BCUT2D eigenvalue weighted by atomic mass is 9.73. The van der Waals surface area contributed by atoms with E-state index >= 15 is 0 Å². The number of carbonyl (C=O) groups is 2. The number of rotatable bonds is 8. The largest absolute Gasteiger partial charge is 0.489 e. The normalized spacial score (nSPS) is 18.1. The molecule has 5 rings (SSSR count). The molecule has 3 aromatic rings. The average molecular weight is 523 g/mol. The van der Waals surface area contributed by atoms with E-state index in [-0.39, 0.29) is 17.1 Å². The Labute approximate surface area is 231 Å². The van der Waals surface area contributed by atoms with Crippen LogP contribution in [-0.2, 0) is 16.2 Å². The third kappa shape index (κ3) is 5.93. The summed E-state index contributed by atoms with van der Waals surface area (Å²) in [5, 5.41) is 3.59. The number of nitrogens with zero attached hydrogens (tertiary/aromatic N) is 1. The van der Waals surface area contributed by atoms with Crippen LogP contribution in [0.1, 0.15) is 76.5 Å². The van der Waals surface area contributed by atoms with Crippen molar-refractivity contribution in [3.63, 3.8) is 0 Å². The van der Waals surface area contributed by atoms with Crippen LogP contribution in [0.15, 0.2) is 90.1 Å². The molecule has 0 spiro atoms. The summed E-state index contributed by atoms with van der Waals surface area (Å²) in [4.78, 5) is 29.8. The smallest absolute Gasteiger partial charge is 0.227 e. The molecule has 1 aliphatic carbocycles. The molecule has 1 unspecified atom stereocenters. The number of carbonyl (C=O) groups excluding carboxylic acids is 2. The summed E-state index contributed by atoms with van der Waals surface area (Å²) in [6.45, 7) is 6.85. The molecule has 0 bridgehead atoms. The number of ether oxygens (including phenoxy) is 1. The summed E-state index contributed by atoms with van der Waals surface area (Å²) in [5.74, 6) is 0.837. The van der Waals surface area contributed by atoms with Crippen LogP contribution in [0.4, 0.5) is 11.4 Å². The van der Waals surface area contributed by atoms with Crippen molar-refractivity contribution in [1.29, 1.82) is 0 Å². The number of para-hydroxylation sites is 2. The first-order valence-corrected chi connectivity index (χ1v) is 14.1. The Morgan fingerprint density at radius 3 is 2.54 bits per heavy atom. The van der Waals surface area contributed by atoms with Crippen LogP contribution >= 0.6 is 0 Å². The fourth-order valence-electron chi connectivity index (χ4n) is 5.74. The molecule has 0 saturated carbocycles. The highest BCUT2D eigenvalue weighted by atomic mass is 16.5. The van der Waals surface area contributed by atoms with Crippen LogP contribution in [0.3, 0.4) is 0 Å². The SMILES string of the molecule is CCCCCC(=O)N1c2ccccc2NC2=C(C(=O)CC(C)(C)C2)C1c1cccc(OCc2ccccc2)c1. The summed E-state index contributed by atoms with van der Waals surface area (Å²) < 4.78 is 6.18. The Balaban J connectivity index is 1.61. The van der Waals surface area contributed by atoms with Crippen molar-refractivity contribution >= 4 is 23.1 Å². The Kier molecular flexibility index (Phi) is 7.87. The van der Waals surface area contributed by atoms with E-state index in [0.717, 1.165) is 53.9 Å². The van der Waals surface area contributed by atoms with Gasteiger partial charge in [-0.1, -0.05) is 88.2 Å². The first kappa shape index (κ1) is 26.7. The average Bonchev–Trinajstić information content (AvgIpc) is 3.06. The minimum Gasteiger partial charge on any atom is -0.489 e. The zero-order chi connectivity index (χ0) is 27.4. The number of hydrogen-bond donors (Lipinski definition) is 1. The third-order valence-corrected chi connectivity index (χ3v) is 7.59. The molecule has 0 radical (unpaired) electrons. The van der Waals surface area contributed by atoms with Crippen LogP contribution in [0, 0.1) is 5.41 Å². The summed E-state index contributed by atoms with van der Waals surface area (Å²) >= 11 is 0. The van der Waals surface area contributed by atoms with Crippen molar-refractivity contribution in [1.82, 2.24) is 0 Å². The van der Waals surface area contributed by atoms with Gasteiger partial charge in [-0.15, -0.1) is 0 Å². The first-order valence-electron chi connectivity index (χ1n) is 14.1. The summed E-state index contributed by atoms with van der Waals surface area (Å²) in [6.07, 6.45) is 4.47. The first-order chi connectivity index (χ1) is 18.9. The van der Waals surface area contributed by atoms with Gasteiger partial charge in [0.2, 0.25) is 5.91 Å². The molecule has 0 aromatic heterocycles. The van der Waals surface area contributed by atoms with Gasteiger partial charge in [0.1, 0.15) is 12.4 Å². The molecule has 0 fully saturated rings. The lowest BCUT2D eigenvalue weighted by Gasteiger charge is -2.37. The zero-order valence-corrected chi connectivity index (χ0v) is 23.2. The number of hydrogen-bond acceptors (Lipinski definition) is 4. The predicted octanol–water partition coefficient (Wildman–Crippen LogP) is 7.99. The number of ketones is 1. The highest BCUT2D eigenvalue weighted by Gasteiger charge is 2.43. The highest BCUT2D eigenvalue weighted by molar-refractivity contribution is 6.06. The zero-order valence-electron chi connectivity index (χ0n) is 23.2. The standard InChI is InChI=1S/C34H38N2O3/c1-4-5-7-19-31(38)36-29-18-11-10-17-27(29)35-28-21-34(2,3)22-30(37)32(28)33(36)25-15-12-16-26(20-25)39-23-24-13-8-6-9-14-24/h6,8-18,20,33,35H,4-5,7,19,21-23H2,1-3H3. The van der Waals surface area contributed by atoms with Gasteiger partial charge < -0.3 is 10.1 Å². The molecule has 1 amide bonds. The van der Waals surface area contributed by atoms with E-state index in [1.165, 1.54) is 0 Å². The Morgan fingerprint density at radius 1 is 0.974 bits per heavy atom. The van der Waals surface area contributed by atoms with E-state index in [2.05, 4.69) is 26.1 Å². The monoisotopic (exact) mass is 522 g/mol. The maximum atomic E-state index is 14.0. The number of benzene rings is 3. The second-order valence-electron chi connectivity index (χ2n) is 11.4. The molecule has 1 N–H and O–H groups in total. The quantitative estimate of drug-likeness (QED) is 0.305. The lowest BCUT2D eigenvalue weighted by Crippen LogP contribution is -2.39. The van der Waals surface area contributed by atoms with Crippen molar-refractivity contribution in [3.05, 3.63) is 101 Å². The topological polar surface area (TPSA) is 58.6 Å². The number of Topliss-reactive ketones (excluding diaryl/α,β-unsaturated/α-hetero) is 1. The van der Waals surface area contributed by atoms with E-state index in [4.69, 9.17) is 4.74 Å². The van der Waals surface area contributed by atoms with Crippen LogP contribution in [0.25, 0.3) is 0 Å². The molecule has 1 heterocycles. The number of fused-ring (bicyclic) bond motifs is 1.